The minimum absolute atomic E-state index is 0.413. The minimum Gasteiger partial charge on any atom is -0.359 e. The van der Waals surface area contributed by atoms with Crippen molar-refractivity contribution in [3.63, 3.8) is 0 Å². The van der Waals surface area contributed by atoms with Gasteiger partial charge in [-0.15, -0.1) is 0 Å². The SMILES string of the molecule is Brc1ccccc1.CCOCOC. The summed E-state index contributed by atoms with van der Waals surface area (Å²) in [5.74, 6) is 0. The maximum Gasteiger partial charge on any atom is 0.146 e. The van der Waals surface area contributed by atoms with Gasteiger partial charge in [-0.05, 0) is 19.1 Å². The summed E-state index contributed by atoms with van der Waals surface area (Å²) in [6, 6.07) is 9.97. The summed E-state index contributed by atoms with van der Waals surface area (Å²) in [5, 5.41) is 0. The summed E-state index contributed by atoms with van der Waals surface area (Å²) in [7, 11) is 1.61. The quantitative estimate of drug-likeness (QED) is 0.603. The molecule has 0 heterocycles. The number of hydrogen-bond acceptors (Lipinski definition) is 2. The van der Waals surface area contributed by atoms with Gasteiger partial charge in [0.05, 0.1) is 0 Å². The first-order chi connectivity index (χ1) is 6.31. The molecule has 0 bridgehead atoms. The van der Waals surface area contributed by atoms with Gasteiger partial charge in [0.2, 0.25) is 0 Å². The number of ether oxygens (including phenoxy) is 2. The van der Waals surface area contributed by atoms with Crippen molar-refractivity contribution in [3.05, 3.63) is 34.8 Å². The Balaban J connectivity index is 0.000000226. The highest BCUT2D eigenvalue weighted by Gasteiger charge is 1.74. The molecule has 0 aliphatic heterocycles. The molecule has 1 rings (SSSR count). The lowest BCUT2D eigenvalue weighted by atomic mass is 10.4. The molecule has 0 aromatic heterocycles. The first kappa shape index (κ1) is 12.6. The van der Waals surface area contributed by atoms with Crippen molar-refractivity contribution in [2.24, 2.45) is 0 Å². The van der Waals surface area contributed by atoms with Gasteiger partial charge < -0.3 is 9.47 Å². The van der Waals surface area contributed by atoms with Crippen LogP contribution in [0.2, 0.25) is 0 Å². The molecule has 13 heavy (non-hydrogen) atoms. The standard InChI is InChI=1S/C6H5Br.C4H10O2/c7-6-4-2-1-3-5-6;1-3-6-4-5-2/h1-5H;3-4H2,1-2H3. The number of halogens is 1. The van der Waals surface area contributed by atoms with E-state index in [0.29, 0.717) is 6.79 Å². The molecule has 1 aromatic carbocycles. The molecule has 74 valence electrons. The van der Waals surface area contributed by atoms with Gasteiger partial charge in [0, 0.05) is 18.2 Å². The summed E-state index contributed by atoms with van der Waals surface area (Å²) >= 11 is 3.31. The average Bonchev–Trinajstić information content (AvgIpc) is 2.17. The van der Waals surface area contributed by atoms with Crippen LogP contribution < -0.4 is 0 Å². The van der Waals surface area contributed by atoms with Crippen molar-refractivity contribution in [1.82, 2.24) is 0 Å². The molecule has 0 unspecified atom stereocenters. The van der Waals surface area contributed by atoms with Gasteiger partial charge in [-0.1, -0.05) is 34.1 Å². The number of hydrogen-bond donors (Lipinski definition) is 0. The Bertz CT molecular complexity index is 185. The van der Waals surface area contributed by atoms with E-state index < -0.39 is 0 Å². The Morgan fingerprint density at radius 2 is 1.85 bits per heavy atom. The van der Waals surface area contributed by atoms with Crippen molar-refractivity contribution in [1.29, 1.82) is 0 Å². The number of rotatable bonds is 3. The van der Waals surface area contributed by atoms with Crippen LogP contribution in [0.1, 0.15) is 6.92 Å². The van der Waals surface area contributed by atoms with Gasteiger partial charge in [-0.25, -0.2) is 0 Å². The van der Waals surface area contributed by atoms with Gasteiger partial charge in [0.15, 0.2) is 0 Å². The third kappa shape index (κ3) is 9.53. The summed E-state index contributed by atoms with van der Waals surface area (Å²) in [4.78, 5) is 0. The van der Waals surface area contributed by atoms with Gasteiger partial charge in [0.25, 0.3) is 0 Å². The molecule has 0 saturated heterocycles. The normalized spacial score (nSPS) is 8.85. The van der Waals surface area contributed by atoms with Crippen LogP contribution in [0.25, 0.3) is 0 Å². The predicted octanol–water partition coefficient (Wildman–Crippen LogP) is 3.08. The van der Waals surface area contributed by atoms with Crippen LogP contribution in [0.4, 0.5) is 0 Å². The lowest BCUT2D eigenvalue weighted by Crippen LogP contribution is -1.93. The van der Waals surface area contributed by atoms with Crippen LogP contribution >= 0.6 is 15.9 Å². The van der Waals surface area contributed by atoms with E-state index in [1.54, 1.807) is 7.11 Å². The molecule has 0 aliphatic rings. The largest absolute Gasteiger partial charge is 0.359 e. The predicted molar refractivity (Wildman–Crippen MR) is 57.6 cm³/mol. The van der Waals surface area contributed by atoms with Crippen molar-refractivity contribution in [2.75, 3.05) is 20.5 Å². The summed E-state index contributed by atoms with van der Waals surface area (Å²) in [5.41, 5.74) is 0. The zero-order valence-electron chi connectivity index (χ0n) is 8.00. The molecule has 0 aliphatic carbocycles. The van der Waals surface area contributed by atoms with Crippen LogP contribution in [0.5, 0.6) is 0 Å². The Hall–Kier alpha value is -0.380. The van der Waals surface area contributed by atoms with Crippen LogP contribution in [-0.2, 0) is 9.47 Å². The highest BCUT2D eigenvalue weighted by Crippen LogP contribution is 2.05. The number of benzene rings is 1. The van der Waals surface area contributed by atoms with E-state index in [4.69, 9.17) is 4.74 Å². The van der Waals surface area contributed by atoms with E-state index in [0.717, 1.165) is 11.1 Å². The minimum atomic E-state index is 0.413. The van der Waals surface area contributed by atoms with Crippen LogP contribution in [0.15, 0.2) is 34.8 Å². The zero-order chi connectivity index (χ0) is 9.94. The molecule has 0 fully saturated rings. The topological polar surface area (TPSA) is 18.5 Å². The van der Waals surface area contributed by atoms with Gasteiger partial charge >= 0.3 is 0 Å². The van der Waals surface area contributed by atoms with E-state index in [2.05, 4.69) is 20.7 Å². The highest BCUT2D eigenvalue weighted by molar-refractivity contribution is 9.10. The second kappa shape index (κ2) is 9.71. The highest BCUT2D eigenvalue weighted by atomic mass is 79.9. The molecule has 0 spiro atoms. The summed E-state index contributed by atoms with van der Waals surface area (Å²) < 4.78 is 10.5. The Morgan fingerprint density at radius 1 is 1.23 bits per heavy atom. The molecule has 0 amide bonds. The van der Waals surface area contributed by atoms with Gasteiger partial charge in [-0.3, -0.25) is 0 Å². The maximum atomic E-state index is 4.76. The molecule has 3 heteroatoms. The number of methoxy groups -OCH3 is 1. The van der Waals surface area contributed by atoms with Crippen molar-refractivity contribution < 1.29 is 9.47 Å². The molecule has 0 saturated carbocycles. The maximum absolute atomic E-state index is 4.76. The smallest absolute Gasteiger partial charge is 0.146 e. The Kier molecular flexibility index (Phi) is 9.42. The average molecular weight is 247 g/mol. The van der Waals surface area contributed by atoms with Gasteiger partial charge in [0.1, 0.15) is 6.79 Å². The lowest BCUT2D eigenvalue weighted by Gasteiger charge is -1.93. The Morgan fingerprint density at radius 3 is 2.08 bits per heavy atom. The van der Waals surface area contributed by atoms with Crippen LogP contribution in [0, 0.1) is 0 Å². The summed E-state index contributed by atoms with van der Waals surface area (Å²) in [6.45, 7) is 3.07. The fourth-order valence-electron chi connectivity index (χ4n) is 0.581. The van der Waals surface area contributed by atoms with Crippen molar-refractivity contribution in [3.8, 4) is 0 Å². The van der Waals surface area contributed by atoms with Crippen molar-refractivity contribution in [2.45, 2.75) is 6.92 Å². The molecule has 0 atom stereocenters. The second-order valence-corrected chi connectivity index (χ2v) is 3.11. The third-order valence-corrected chi connectivity index (χ3v) is 1.67. The van der Waals surface area contributed by atoms with Crippen molar-refractivity contribution >= 4 is 15.9 Å². The molecule has 0 N–H and O–H groups in total. The van der Waals surface area contributed by atoms with Crippen LogP contribution in [0.3, 0.4) is 0 Å². The fraction of sp³-hybridized carbons (Fsp3) is 0.400. The summed E-state index contributed by atoms with van der Waals surface area (Å²) in [6.07, 6.45) is 0. The fourth-order valence-corrected chi connectivity index (χ4v) is 0.887. The third-order valence-electron chi connectivity index (χ3n) is 1.14. The molecular formula is C10H15BrO2. The lowest BCUT2D eigenvalue weighted by molar-refractivity contribution is -0.0250. The first-order valence-corrected chi connectivity index (χ1v) is 4.87. The molecule has 1 aromatic rings. The van der Waals surface area contributed by atoms with Gasteiger partial charge in [-0.2, -0.15) is 0 Å². The Labute approximate surface area is 88.0 Å². The van der Waals surface area contributed by atoms with E-state index in [1.807, 2.05) is 37.3 Å². The van der Waals surface area contributed by atoms with E-state index in [9.17, 15) is 0 Å². The van der Waals surface area contributed by atoms with E-state index >= 15 is 0 Å². The second-order valence-electron chi connectivity index (χ2n) is 2.19. The first-order valence-electron chi connectivity index (χ1n) is 4.08. The van der Waals surface area contributed by atoms with E-state index in [1.165, 1.54) is 0 Å². The molecule has 2 nitrogen and oxygen atoms in total. The zero-order valence-corrected chi connectivity index (χ0v) is 9.58. The van der Waals surface area contributed by atoms with E-state index in [-0.39, 0.29) is 0 Å². The monoisotopic (exact) mass is 246 g/mol. The molecule has 0 radical (unpaired) electrons. The molecular weight excluding hydrogens is 232 g/mol. The van der Waals surface area contributed by atoms with Crippen LogP contribution in [-0.4, -0.2) is 20.5 Å².